The summed E-state index contributed by atoms with van der Waals surface area (Å²) in [6.07, 6.45) is 8.55. The maximum Gasteiger partial charge on any atom is 1.00 e. The molecule has 116 valence electrons. The van der Waals surface area contributed by atoms with Gasteiger partial charge in [0.05, 0.1) is 16.2 Å². The van der Waals surface area contributed by atoms with Gasteiger partial charge in [-0.1, -0.05) is 51.9 Å². The zero-order valence-corrected chi connectivity index (χ0v) is 17.2. The third-order valence-electron chi connectivity index (χ3n) is 3.42. The first-order valence-corrected chi connectivity index (χ1v) is 8.97. The van der Waals surface area contributed by atoms with Crippen LogP contribution in [0.2, 0.25) is 0 Å². The Labute approximate surface area is 167 Å². The van der Waals surface area contributed by atoms with Gasteiger partial charge in [0.25, 0.3) is 0 Å². The second kappa shape index (κ2) is 14.1. The summed E-state index contributed by atoms with van der Waals surface area (Å²) in [4.78, 5) is 0. The van der Waals surface area contributed by atoms with Crippen LogP contribution in [-0.2, 0) is 10.1 Å². The molecule has 0 aliphatic carbocycles. The third kappa shape index (κ3) is 14.4. The van der Waals surface area contributed by atoms with Crippen LogP contribution in [0.15, 0.2) is 0 Å². The van der Waals surface area contributed by atoms with E-state index in [1.165, 1.54) is 0 Å². The van der Waals surface area contributed by atoms with Crippen LogP contribution in [0, 0.1) is 0 Å². The molecule has 6 heteroatoms. The minimum Gasteiger partial charge on any atom is -0.748 e. The minimum atomic E-state index is -4.12. The van der Waals surface area contributed by atoms with Crippen molar-refractivity contribution < 1.29 is 69.5 Å². The van der Waals surface area contributed by atoms with Gasteiger partial charge in [0, 0.05) is 5.25 Å². The topological polar surface area (TPSA) is 77.4 Å². The number of unbranched alkanes of at least 4 members (excludes halogenated alkanes) is 5. The Morgan fingerprint density at radius 3 is 1.80 bits per heavy atom. The molecule has 0 aromatic carbocycles. The molecule has 0 radical (unpaired) electrons. The SMILES string of the molecule is CCCC(CCCCCCCCC(C)O)S(=O)(=O)[O-].[K+]. The largest absolute Gasteiger partial charge is 1.00 e. The molecule has 0 spiro atoms. The number of rotatable bonds is 12. The van der Waals surface area contributed by atoms with Crippen molar-refractivity contribution in [3.8, 4) is 0 Å². The predicted molar refractivity (Wildman–Crippen MR) is 77.0 cm³/mol. The first-order chi connectivity index (χ1) is 8.88. The average molecular weight is 333 g/mol. The van der Waals surface area contributed by atoms with E-state index in [0.29, 0.717) is 12.8 Å². The van der Waals surface area contributed by atoms with Gasteiger partial charge in [0.1, 0.15) is 0 Å². The van der Waals surface area contributed by atoms with Gasteiger partial charge in [0.15, 0.2) is 0 Å². The molecule has 0 rings (SSSR count). The van der Waals surface area contributed by atoms with Crippen LogP contribution in [0.25, 0.3) is 0 Å². The maximum atomic E-state index is 11.0. The van der Waals surface area contributed by atoms with E-state index in [-0.39, 0.29) is 57.5 Å². The molecule has 1 N–H and O–H groups in total. The smallest absolute Gasteiger partial charge is 0.748 e. The molecule has 0 aliphatic heterocycles. The molecule has 0 saturated heterocycles. The summed E-state index contributed by atoms with van der Waals surface area (Å²) in [5.74, 6) is 0. The van der Waals surface area contributed by atoms with Gasteiger partial charge < -0.3 is 9.66 Å². The Balaban J connectivity index is 0. The van der Waals surface area contributed by atoms with E-state index >= 15 is 0 Å². The molecule has 0 bridgehead atoms. The first-order valence-electron chi connectivity index (χ1n) is 7.50. The van der Waals surface area contributed by atoms with Crippen molar-refractivity contribution in [2.75, 3.05) is 0 Å². The molecular formula is C14H29KO4S. The molecule has 0 aromatic heterocycles. The van der Waals surface area contributed by atoms with Crippen LogP contribution in [-0.4, -0.2) is 29.4 Å². The second-order valence-corrected chi connectivity index (χ2v) is 7.10. The minimum absolute atomic E-state index is 0. The molecule has 0 saturated carbocycles. The number of hydrogen-bond acceptors (Lipinski definition) is 4. The standard InChI is InChI=1S/C14H30O4S.K/c1-3-10-14(19(16,17)18)12-9-7-5-4-6-8-11-13(2)15;/h13-15H,3-12H2,1-2H3,(H,16,17,18);/q;+1/p-1. The Hall–Kier alpha value is 1.51. The Morgan fingerprint density at radius 2 is 1.40 bits per heavy atom. The van der Waals surface area contributed by atoms with Crippen molar-refractivity contribution in [2.24, 2.45) is 0 Å². The van der Waals surface area contributed by atoms with Gasteiger partial charge in [0.2, 0.25) is 0 Å². The van der Waals surface area contributed by atoms with Crippen LogP contribution in [0.5, 0.6) is 0 Å². The van der Waals surface area contributed by atoms with E-state index < -0.39 is 15.4 Å². The zero-order chi connectivity index (χ0) is 14.7. The van der Waals surface area contributed by atoms with Crippen LogP contribution in [0.3, 0.4) is 0 Å². The number of hydrogen-bond donors (Lipinski definition) is 1. The van der Waals surface area contributed by atoms with Crippen LogP contribution >= 0.6 is 0 Å². The fourth-order valence-corrected chi connectivity index (χ4v) is 3.25. The predicted octanol–water partition coefficient (Wildman–Crippen LogP) is 0.206. The Kier molecular flexibility index (Phi) is 16.8. The number of aliphatic hydroxyl groups excluding tert-OH is 1. The summed E-state index contributed by atoms with van der Waals surface area (Å²) >= 11 is 0. The van der Waals surface area contributed by atoms with Crippen molar-refractivity contribution in [2.45, 2.75) is 89.4 Å². The molecule has 0 heterocycles. The molecule has 0 aliphatic rings. The van der Waals surface area contributed by atoms with E-state index in [1.807, 2.05) is 6.92 Å². The van der Waals surface area contributed by atoms with E-state index in [1.54, 1.807) is 6.92 Å². The van der Waals surface area contributed by atoms with Crippen LogP contribution in [0.1, 0.15) is 78.1 Å². The normalized spacial score (nSPS) is 14.6. The molecule has 2 atom stereocenters. The van der Waals surface area contributed by atoms with Gasteiger partial charge in [-0.2, -0.15) is 0 Å². The Morgan fingerprint density at radius 1 is 0.950 bits per heavy atom. The van der Waals surface area contributed by atoms with E-state index in [9.17, 15) is 13.0 Å². The zero-order valence-electron chi connectivity index (χ0n) is 13.3. The van der Waals surface area contributed by atoms with Gasteiger partial charge in [-0.15, -0.1) is 0 Å². The molecular weight excluding hydrogens is 303 g/mol. The van der Waals surface area contributed by atoms with Crippen molar-refractivity contribution in [3.05, 3.63) is 0 Å². The maximum absolute atomic E-state index is 11.0. The Bertz CT molecular complexity index is 304. The first kappa shape index (κ1) is 23.8. The van der Waals surface area contributed by atoms with Crippen LogP contribution in [0.4, 0.5) is 0 Å². The summed E-state index contributed by atoms with van der Waals surface area (Å²) in [5, 5.41) is 8.41. The fraction of sp³-hybridized carbons (Fsp3) is 1.00. The van der Waals surface area contributed by atoms with E-state index in [0.717, 1.165) is 51.4 Å². The van der Waals surface area contributed by atoms with Crippen molar-refractivity contribution in [1.29, 1.82) is 0 Å². The quantitative estimate of drug-likeness (QED) is 0.315. The van der Waals surface area contributed by atoms with Gasteiger partial charge in [-0.25, -0.2) is 8.42 Å². The summed E-state index contributed by atoms with van der Waals surface area (Å²) in [7, 11) is -4.12. The fourth-order valence-electron chi connectivity index (χ4n) is 2.27. The summed E-state index contributed by atoms with van der Waals surface area (Å²) in [6.45, 7) is 3.71. The summed E-state index contributed by atoms with van der Waals surface area (Å²) in [6, 6.07) is 0. The van der Waals surface area contributed by atoms with Crippen LogP contribution < -0.4 is 51.4 Å². The van der Waals surface area contributed by atoms with Gasteiger partial charge in [-0.3, -0.25) is 0 Å². The van der Waals surface area contributed by atoms with Gasteiger partial charge in [-0.05, 0) is 26.2 Å². The summed E-state index contributed by atoms with van der Waals surface area (Å²) in [5.41, 5.74) is 0. The van der Waals surface area contributed by atoms with E-state index in [4.69, 9.17) is 5.11 Å². The molecule has 4 nitrogen and oxygen atoms in total. The number of aliphatic hydroxyl groups is 1. The molecule has 2 unspecified atom stereocenters. The monoisotopic (exact) mass is 332 g/mol. The summed E-state index contributed by atoms with van der Waals surface area (Å²) < 4.78 is 33.0. The molecule has 0 amide bonds. The van der Waals surface area contributed by atoms with Crippen molar-refractivity contribution in [1.82, 2.24) is 0 Å². The third-order valence-corrected chi connectivity index (χ3v) is 4.70. The molecule has 0 fully saturated rings. The molecule has 20 heavy (non-hydrogen) atoms. The second-order valence-electron chi connectivity index (χ2n) is 5.45. The van der Waals surface area contributed by atoms with Crippen molar-refractivity contribution in [3.63, 3.8) is 0 Å². The van der Waals surface area contributed by atoms with Crippen molar-refractivity contribution >= 4 is 10.1 Å². The molecule has 0 aromatic rings. The van der Waals surface area contributed by atoms with Gasteiger partial charge >= 0.3 is 51.4 Å². The van der Waals surface area contributed by atoms with E-state index in [2.05, 4.69) is 0 Å². The average Bonchev–Trinajstić information content (AvgIpc) is 2.29.